The monoisotopic (exact) mass is 508 g/mol. The van der Waals surface area contributed by atoms with Crippen molar-refractivity contribution in [3.8, 4) is 23.0 Å². The lowest BCUT2D eigenvalue weighted by atomic mass is 10.0. The lowest BCUT2D eigenvalue weighted by Crippen LogP contribution is -2.51. The summed E-state index contributed by atoms with van der Waals surface area (Å²) >= 11 is 0. The van der Waals surface area contributed by atoms with E-state index in [0.717, 1.165) is 42.3 Å². The Morgan fingerprint density at radius 1 is 1.00 bits per heavy atom. The molecule has 5 heterocycles. The highest BCUT2D eigenvalue weighted by Crippen LogP contribution is 2.37. The fourth-order valence-electron chi connectivity index (χ4n) is 5.61. The van der Waals surface area contributed by atoms with Crippen LogP contribution in [0.2, 0.25) is 0 Å². The summed E-state index contributed by atoms with van der Waals surface area (Å²) in [5.41, 5.74) is 1.62. The van der Waals surface area contributed by atoms with Crippen molar-refractivity contribution in [2.75, 3.05) is 18.0 Å². The van der Waals surface area contributed by atoms with Gasteiger partial charge in [-0.3, -0.25) is 9.97 Å². The minimum absolute atomic E-state index is 0.0418. The molecule has 2 aliphatic rings. The first-order chi connectivity index (χ1) is 18.6. The van der Waals surface area contributed by atoms with E-state index in [2.05, 4.69) is 25.2 Å². The number of aromatic hydroxyl groups is 1. The van der Waals surface area contributed by atoms with Crippen LogP contribution in [-0.2, 0) is 6.61 Å². The Morgan fingerprint density at radius 2 is 1.84 bits per heavy atom. The number of phenolic OH excluding ortho intramolecular Hbond substituents is 1. The fourth-order valence-corrected chi connectivity index (χ4v) is 5.61. The second-order valence-electron chi connectivity index (χ2n) is 9.92. The summed E-state index contributed by atoms with van der Waals surface area (Å²) in [6, 6.07) is 15.3. The average Bonchev–Trinajstić information content (AvgIpc) is 3.29. The maximum Gasteiger partial charge on any atom is 0.319 e. The van der Waals surface area contributed by atoms with Crippen LogP contribution in [-0.4, -0.2) is 50.2 Å². The normalized spacial score (nSPS) is 18.8. The van der Waals surface area contributed by atoms with Crippen LogP contribution in [0.25, 0.3) is 32.9 Å². The molecule has 0 radical (unpaired) electrons. The topological polar surface area (TPSA) is 96.3 Å². The van der Waals surface area contributed by atoms with Crippen molar-refractivity contribution >= 4 is 27.5 Å². The number of fused-ring (bicyclic) bond motifs is 4. The fraction of sp³-hybridized carbons (Fsp3) is 0.241. The van der Waals surface area contributed by atoms with E-state index in [-0.39, 0.29) is 29.6 Å². The molecular formula is C29H25FN6O2. The van der Waals surface area contributed by atoms with Gasteiger partial charge in [0.05, 0.1) is 5.39 Å². The number of nitrogens with zero attached hydrogens (tertiary/aromatic N) is 5. The highest BCUT2D eigenvalue weighted by molar-refractivity contribution is 5.99. The average molecular weight is 509 g/mol. The third kappa shape index (κ3) is 4.05. The molecule has 2 unspecified atom stereocenters. The van der Waals surface area contributed by atoms with Gasteiger partial charge >= 0.3 is 6.01 Å². The third-order valence-electron chi connectivity index (χ3n) is 7.35. The van der Waals surface area contributed by atoms with Crippen LogP contribution in [0.5, 0.6) is 11.8 Å². The molecule has 2 fully saturated rings. The standard InChI is InChI=1S/C29H25FN6O2/c30-25-26(23-11-21(37)10-18-5-1-2-6-22(18)23)32-13-24-27(25)34-29(38-16-17-4-3-9-31-12-17)35-28(24)36-14-19-7-8-20(15-36)33-19/h1-6,9-13,19-20,33,37H,7-8,14-16H2. The molecule has 190 valence electrons. The van der Waals surface area contributed by atoms with Crippen molar-refractivity contribution in [2.45, 2.75) is 31.5 Å². The van der Waals surface area contributed by atoms with E-state index >= 15 is 4.39 Å². The van der Waals surface area contributed by atoms with Crippen LogP contribution in [0.15, 0.2) is 67.1 Å². The lowest BCUT2D eigenvalue weighted by Gasteiger charge is -2.34. The minimum atomic E-state index is -0.578. The first kappa shape index (κ1) is 22.8. The summed E-state index contributed by atoms with van der Waals surface area (Å²) < 4.78 is 22.3. The largest absolute Gasteiger partial charge is 0.508 e. The van der Waals surface area contributed by atoms with E-state index in [0.29, 0.717) is 28.9 Å². The molecule has 2 bridgehead atoms. The number of rotatable bonds is 5. The van der Waals surface area contributed by atoms with Crippen molar-refractivity contribution < 1.29 is 14.2 Å². The predicted molar refractivity (Wildman–Crippen MR) is 143 cm³/mol. The summed E-state index contributed by atoms with van der Waals surface area (Å²) in [5, 5.41) is 16.1. The molecule has 2 aromatic carbocycles. The molecule has 8 nitrogen and oxygen atoms in total. The maximum absolute atomic E-state index is 16.3. The molecule has 3 aromatic heterocycles. The maximum atomic E-state index is 16.3. The Morgan fingerprint density at radius 3 is 2.66 bits per heavy atom. The minimum Gasteiger partial charge on any atom is -0.508 e. The Bertz CT molecular complexity index is 1650. The zero-order valence-electron chi connectivity index (χ0n) is 20.5. The molecule has 2 atom stereocenters. The second-order valence-corrected chi connectivity index (χ2v) is 9.92. The van der Waals surface area contributed by atoms with Gasteiger partial charge in [0.25, 0.3) is 0 Å². The first-order valence-electron chi connectivity index (χ1n) is 12.7. The molecule has 9 heteroatoms. The van der Waals surface area contributed by atoms with Gasteiger partial charge in [-0.15, -0.1) is 0 Å². The molecule has 0 spiro atoms. The molecule has 0 amide bonds. The molecular weight excluding hydrogens is 483 g/mol. The summed E-state index contributed by atoms with van der Waals surface area (Å²) in [6.07, 6.45) is 7.26. The highest BCUT2D eigenvalue weighted by Gasteiger charge is 2.34. The van der Waals surface area contributed by atoms with Crippen LogP contribution in [0.4, 0.5) is 10.2 Å². The number of ether oxygens (including phenoxy) is 1. The molecule has 38 heavy (non-hydrogen) atoms. The van der Waals surface area contributed by atoms with E-state index < -0.39 is 5.82 Å². The number of phenols is 1. The van der Waals surface area contributed by atoms with E-state index in [4.69, 9.17) is 9.72 Å². The number of nitrogens with one attached hydrogen (secondary N) is 1. The number of benzene rings is 2. The number of aromatic nitrogens is 4. The van der Waals surface area contributed by atoms with Crippen LogP contribution >= 0.6 is 0 Å². The van der Waals surface area contributed by atoms with E-state index in [1.165, 1.54) is 6.07 Å². The van der Waals surface area contributed by atoms with E-state index in [9.17, 15) is 5.11 Å². The van der Waals surface area contributed by atoms with Gasteiger partial charge < -0.3 is 20.1 Å². The number of hydrogen-bond donors (Lipinski definition) is 2. The summed E-state index contributed by atoms with van der Waals surface area (Å²) in [4.78, 5) is 20.1. The quantitative estimate of drug-likeness (QED) is 0.356. The number of anilines is 1. The van der Waals surface area contributed by atoms with Crippen LogP contribution in [0, 0.1) is 5.82 Å². The van der Waals surface area contributed by atoms with Gasteiger partial charge in [-0.25, -0.2) is 4.39 Å². The first-order valence-corrected chi connectivity index (χ1v) is 12.7. The number of piperazine rings is 1. The highest BCUT2D eigenvalue weighted by atomic mass is 19.1. The second kappa shape index (κ2) is 9.18. The van der Waals surface area contributed by atoms with Gasteiger partial charge in [0.15, 0.2) is 5.82 Å². The zero-order valence-corrected chi connectivity index (χ0v) is 20.5. The molecule has 0 saturated carbocycles. The van der Waals surface area contributed by atoms with Crippen molar-refractivity contribution in [1.82, 2.24) is 25.3 Å². The SMILES string of the molecule is Oc1cc(-c2ncc3c(N4CC5CCC(C4)N5)nc(OCc4cccnc4)nc3c2F)c2ccccc2c1. The lowest BCUT2D eigenvalue weighted by molar-refractivity contribution is 0.281. The molecule has 0 aliphatic carbocycles. The Balaban J connectivity index is 1.38. The molecule has 2 N–H and O–H groups in total. The van der Waals surface area contributed by atoms with Gasteiger partial charge in [-0.05, 0) is 41.8 Å². The Labute approximate surface area is 218 Å². The molecule has 2 saturated heterocycles. The van der Waals surface area contributed by atoms with Crippen LogP contribution in [0.3, 0.4) is 0 Å². The van der Waals surface area contributed by atoms with Crippen molar-refractivity contribution in [3.63, 3.8) is 0 Å². The Hall–Kier alpha value is -4.37. The van der Waals surface area contributed by atoms with Gasteiger partial charge in [-0.2, -0.15) is 9.97 Å². The van der Waals surface area contributed by atoms with Gasteiger partial charge in [0.1, 0.15) is 29.4 Å². The van der Waals surface area contributed by atoms with Crippen molar-refractivity contribution in [3.05, 3.63) is 78.5 Å². The molecule has 5 aromatic rings. The van der Waals surface area contributed by atoms with Gasteiger partial charge in [0, 0.05) is 54.9 Å². The smallest absolute Gasteiger partial charge is 0.319 e. The summed E-state index contributed by atoms with van der Waals surface area (Å²) in [5.74, 6) is 0.0831. The van der Waals surface area contributed by atoms with Gasteiger partial charge in [0.2, 0.25) is 0 Å². The van der Waals surface area contributed by atoms with Crippen LogP contribution < -0.4 is 15.0 Å². The summed E-state index contributed by atoms with van der Waals surface area (Å²) in [6.45, 7) is 1.75. The van der Waals surface area contributed by atoms with Crippen molar-refractivity contribution in [2.24, 2.45) is 0 Å². The predicted octanol–water partition coefficient (Wildman–Crippen LogP) is 4.60. The third-order valence-corrected chi connectivity index (χ3v) is 7.35. The zero-order chi connectivity index (χ0) is 25.6. The summed E-state index contributed by atoms with van der Waals surface area (Å²) in [7, 11) is 0. The number of hydrogen-bond acceptors (Lipinski definition) is 8. The molecule has 2 aliphatic heterocycles. The van der Waals surface area contributed by atoms with Crippen molar-refractivity contribution in [1.29, 1.82) is 0 Å². The van der Waals surface area contributed by atoms with Gasteiger partial charge in [-0.1, -0.05) is 30.3 Å². The number of halogens is 1. The van der Waals surface area contributed by atoms with E-state index in [1.807, 2.05) is 36.4 Å². The molecule has 7 rings (SSSR count). The van der Waals surface area contributed by atoms with Crippen LogP contribution in [0.1, 0.15) is 18.4 Å². The number of pyridine rings is 2. The van der Waals surface area contributed by atoms with E-state index in [1.54, 1.807) is 24.7 Å². The Kier molecular flexibility index (Phi) is 5.51.